The van der Waals surface area contributed by atoms with Gasteiger partial charge in [0.15, 0.2) is 0 Å². The van der Waals surface area contributed by atoms with Crippen molar-refractivity contribution in [2.24, 2.45) is 0 Å². The molecule has 5 heteroatoms. The molecule has 1 atom stereocenters. The fraction of sp³-hybridized carbons (Fsp3) is 0.684. The average molecular weight is 344 g/mol. The highest BCUT2D eigenvalue weighted by molar-refractivity contribution is 5.45. The number of rotatable bonds is 12. The van der Waals surface area contributed by atoms with Crippen molar-refractivity contribution in [3.8, 4) is 0 Å². The third-order valence-electron chi connectivity index (χ3n) is 4.15. The number of nitrogens with one attached hydrogen (secondary N) is 2. The van der Waals surface area contributed by atoms with E-state index < -0.39 is 11.7 Å². The maximum atomic E-state index is 12.7. The predicted molar refractivity (Wildman–Crippen MR) is 94.9 cm³/mol. The maximum absolute atomic E-state index is 12.7. The first-order valence-corrected chi connectivity index (χ1v) is 9.16. The number of benzene rings is 1. The van der Waals surface area contributed by atoms with E-state index in [2.05, 4.69) is 24.7 Å². The highest BCUT2D eigenvalue weighted by Crippen LogP contribution is 2.30. The number of anilines is 1. The third-order valence-corrected chi connectivity index (χ3v) is 4.15. The molecule has 0 radical (unpaired) electrons. The minimum atomic E-state index is -4.31. The number of unbranched alkanes of at least 4 members (excludes halogenated alkanes) is 5. The van der Waals surface area contributed by atoms with E-state index in [4.69, 9.17) is 0 Å². The smallest absolute Gasteiger partial charge is 0.321 e. The van der Waals surface area contributed by atoms with Gasteiger partial charge in [-0.25, -0.2) is 5.43 Å². The van der Waals surface area contributed by atoms with Gasteiger partial charge in [-0.15, -0.1) is 0 Å². The predicted octanol–water partition coefficient (Wildman–Crippen LogP) is 6.54. The second-order valence-corrected chi connectivity index (χ2v) is 6.39. The van der Waals surface area contributed by atoms with Crippen molar-refractivity contribution < 1.29 is 13.2 Å². The van der Waals surface area contributed by atoms with Crippen LogP contribution in [0.15, 0.2) is 24.3 Å². The Morgan fingerprint density at radius 3 is 2.29 bits per heavy atom. The SMILES string of the molecule is CCCCCCCCC(CCC)NNc1cccc(C(F)(F)F)c1. The first kappa shape index (κ1) is 20.8. The van der Waals surface area contributed by atoms with Crippen LogP contribution < -0.4 is 10.9 Å². The van der Waals surface area contributed by atoms with Crippen molar-refractivity contribution in [2.45, 2.75) is 83.9 Å². The Hall–Kier alpha value is -1.23. The summed E-state index contributed by atoms with van der Waals surface area (Å²) < 4.78 is 38.2. The topological polar surface area (TPSA) is 24.1 Å². The molecule has 1 unspecified atom stereocenters. The summed E-state index contributed by atoms with van der Waals surface area (Å²) in [4.78, 5) is 0. The molecule has 1 rings (SSSR count). The summed E-state index contributed by atoms with van der Waals surface area (Å²) in [6, 6.07) is 5.59. The highest BCUT2D eigenvalue weighted by atomic mass is 19.4. The molecule has 0 aliphatic carbocycles. The van der Waals surface area contributed by atoms with E-state index in [1.165, 1.54) is 38.2 Å². The van der Waals surface area contributed by atoms with Gasteiger partial charge in [0.2, 0.25) is 0 Å². The van der Waals surface area contributed by atoms with E-state index in [0.717, 1.165) is 37.8 Å². The zero-order valence-corrected chi connectivity index (χ0v) is 14.9. The molecule has 1 aromatic carbocycles. The molecule has 2 nitrogen and oxygen atoms in total. The minimum absolute atomic E-state index is 0.288. The minimum Gasteiger partial charge on any atom is -0.321 e. The Bertz CT molecular complexity index is 446. The molecule has 1 aromatic rings. The largest absolute Gasteiger partial charge is 0.416 e. The molecule has 0 amide bonds. The van der Waals surface area contributed by atoms with E-state index in [0.29, 0.717) is 5.69 Å². The van der Waals surface area contributed by atoms with Gasteiger partial charge in [-0.05, 0) is 31.0 Å². The van der Waals surface area contributed by atoms with Crippen LogP contribution in [0.2, 0.25) is 0 Å². The molecule has 0 aromatic heterocycles. The highest BCUT2D eigenvalue weighted by Gasteiger charge is 2.30. The summed E-state index contributed by atoms with van der Waals surface area (Å²) >= 11 is 0. The quantitative estimate of drug-likeness (QED) is 0.332. The van der Waals surface area contributed by atoms with Gasteiger partial charge in [0, 0.05) is 11.7 Å². The summed E-state index contributed by atoms with van der Waals surface area (Å²) in [6.45, 7) is 4.33. The zero-order valence-electron chi connectivity index (χ0n) is 14.9. The Balaban J connectivity index is 2.40. The normalized spacial score (nSPS) is 13.0. The maximum Gasteiger partial charge on any atom is 0.416 e. The van der Waals surface area contributed by atoms with Crippen molar-refractivity contribution in [2.75, 3.05) is 5.43 Å². The van der Waals surface area contributed by atoms with Gasteiger partial charge in [0.05, 0.1) is 5.56 Å². The van der Waals surface area contributed by atoms with Gasteiger partial charge in [-0.2, -0.15) is 13.2 Å². The Kier molecular flexibility index (Phi) is 9.84. The van der Waals surface area contributed by atoms with Crippen LogP contribution in [-0.2, 0) is 6.18 Å². The molecule has 0 fully saturated rings. The Morgan fingerprint density at radius 1 is 0.917 bits per heavy atom. The lowest BCUT2D eigenvalue weighted by atomic mass is 10.0. The van der Waals surface area contributed by atoms with Crippen molar-refractivity contribution in [3.63, 3.8) is 0 Å². The summed E-state index contributed by atoms with van der Waals surface area (Å²) in [5.74, 6) is 0. The summed E-state index contributed by atoms with van der Waals surface area (Å²) in [7, 11) is 0. The molecule has 24 heavy (non-hydrogen) atoms. The van der Waals surface area contributed by atoms with E-state index >= 15 is 0 Å². The molecule has 0 spiro atoms. The number of halogens is 3. The number of hydrogen-bond donors (Lipinski definition) is 2. The molecule has 0 aliphatic heterocycles. The van der Waals surface area contributed by atoms with Gasteiger partial charge >= 0.3 is 6.18 Å². The molecular weight excluding hydrogens is 313 g/mol. The Labute approximate surface area is 144 Å². The molecule has 0 saturated carbocycles. The molecule has 138 valence electrons. The van der Waals surface area contributed by atoms with Crippen LogP contribution in [0, 0.1) is 0 Å². The lowest BCUT2D eigenvalue weighted by Gasteiger charge is -2.20. The summed E-state index contributed by atoms with van der Waals surface area (Å²) in [5.41, 5.74) is 5.98. The van der Waals surface area contributed by atoms with E-state index in [1.807, 2.05) is 0 Å². The van der Waals surface area contributed by atoms with E-state index in [-0.39, 0.29) is 6.04 Å². The van der Waals surface area contributed by atoms with Gasteiger partial charge in [0.25, 0.3) is 0 Å². The molecule has 0 saturated heterocycles. The molecule has 0 aliphatic rings. The van der Waals surface area contributed by atoms with Crippen LogP contribution in [0.1, 0.15) is 77.2 Å². The second-order valence-electron chi connectivity index (χ2n) is 6.39. The van der Waals surface area contributed by atoms with Gasteiger partial charge < -0.3 is 5.43 Å². The van der Waals surface area contributed by atoms with Gasteiger partial charge in [0.1, 0.15) is 0 Å². The number of hydrazine groups is 1. The monoisotopic (exact) mass is 344 g/mol. The molecular formula is C19H31F3N2. The standard InChI is InChI=1S/C19H31F3N2/c1-3-5-6-7-8-9-13-17(11-4-2)23-24-18-14-10-12-16(15-18)19(20,21)22/h10,12,14-15,17,23-24H,3-9,11,13H2,1-2H3. The summed E-state index contributed by atoms with van der Waals surface area (Å²) in [5, 5.41) is 0. The Morgan fingerprint density at radius 2 is 1.62 bits per heavy atom. The zero-order chi connectivity index (χ0) is 17.8. The number of hydrogen-bond acceptors (Lipinski definition) is 2. The van der Waals surface area contributed by atoms with Crippen LogP contribution in [0.5, 0.6) is 0 Å². The molecule has 2 N–H and O–H groups in total. The fourth-order valence-corrected chi connectivity index (χ4v) is 2.77. The average Bonchev–Trinajstić information content (AvgIpc) is 2.55. The lowest BCUT2D eigenvalue weighted by Crippen LogP contribution is -2.34. The van der Waals surface area contributed by atoms with Crippen LogP contribution >= 0.6 is 0 Å². The van der Waals surface area contributed by atoms with Gasteiger partial charge in [-0.3, -0.25) is 0 Å². The van der Waals surface area contributed by atoms with Crippen molar-refractivity contribution in [1.29, 1.82) is 0 Å². The van der Waals surface area contributed by atoms with Gasteiger partial charge in [-0.1, -0.05) is 64.9 Å². The second kappa shape index (κ2) is 11.3. The van der Waals surface area contributed by atoms with Crippen LogP contribution in [0.25, 0.3) is 0 Å². The van der Waals surface area contributed by atoms with Crippen LogP contribution in [0.4, 0.5) is 18.9 Å². The summed E-state index contributed by atoms with van der Waals surface area (Å²) in [6.07, 6.45) is 6.31. The third kappa shape index (κ3) is 8.57. The molecule has 0 heterocycles. The molecule has 0 bridgehead atoms. The van der Waals surface area contributed by atoms with Crippen molar-refractivity contribution >= 4 is 5.69 Å². The lowest BCUT2D eigenvalue weighted by molar-refractivity contribution is -0.137. The van der Waals surface area contributed by atoms with Crippen LogP contribution in [0.3, 0.4) is 0 Å². The van der Waals surface area contributed by atoms with E-state index in [1.54, 1.807) is 6.07 Å². The first-order valence-electron chi connectivity index (χ1n) is 9.16. The van der Waals surface area contributed by atoms with Crippen molar-refractivity contribution in [1.82, 2.24) is 5.43 Å². The van der Waals surface area contributed by atoms with E-state index in [9.17, 15) is 13.2 Å². The van der Waals surface area contributed by atoms with Crippen LogP contribution in [-0.4, -0.2) is 6.04 Å². The van der Waals surface area contributed by atoms with Crippen molar-refractivity contribution in [3.05, 3.63) is 29.8 Å². The first-order chi connectivity index (χ1) is 11.5. The number of alkyl halides is 3. The fourth-order valence-electron chi connectivity index (χ4n) is 2.77.